The molecule has 190 valence electrons. The molecule has 0 saturated carbocycles. The van der Waals surface area contributed by atoms with E-state index >= 15 is 0 Å². The minimum Gasteiger partial charge on any atom is -0.287 e. The second-order valence-corrected chi connectivity index (χ2v) is 8.35. The Kier molecular flexibility index (Phi) is 7.22. The molecule has 4 rings (SSSR count). The van der Waals surface area contributed by atoms with Crippen LogP contribution in [0.25, 0.3) is 17.3 Å². The van der Waals surface area contributed by atoms with Crippen LogP contribution in [-0.4, -0.2) is 20.8 Å². The molecule has 1 heterocycles. The van der Waals surface area contributed by atoms with Crippen molar-refractivity contribution in [2.75, 3.05) is 0 Å². The fourth-order valence-corrected chi connectivity index (χ4v) is 3.81. The Balaban J connectivity index is 1.77. The van der Waals surface area contributed by atoms with E-state index in [0.29, 0.717) is 28.3 Å². The fourth-order valence-electron chi connectivity index (χ4n) is 3.61. The maximum absolute atomic E-state index is 13.3. The van der Waals surface area contributed by atoms with Crippen molar-refractivity contribution in [2.45, 2.75) is 18.9 Å². The molecule has 0 unspecified atom stereocenters. The molecule has 0 N–H and O–H groups in total. The molecular formula is C26H16ClF6N3O. The molecule has 0 fully saturated rings. The molecule has 3 aromatic carbocycles. The van der Waals surface area contributed by atoms with Gasteiger partial charge in [-0.15, -0.1) is 5.10 Å². The zero-order valence-electron chi connectivity index (χ0n) is 18.7. The summed E-state index contributed by atoms with van der Waals surface area (Å²) in [6.07, 6.45) is -7.30. The van der Waals surface area contributed by atoms with Crippen molar-refractivity contribution in [1.82, 2.24) is 15.0 Å². The molecule has 1 aromatic heterocycles. The van der Waals surface area contributed by atoms with E-state index in [-0.39, 0.29) is 23.0 Å². The van der Waals surface area contributed by atoms with Crippen molar-refractivity contribution in [3.63, 3.8) is 0 Å². The summed E-state index contributed by atoms with van der Waals surface area (Å²) in [5.74, 6) is -0.579. The maximum Gasteiger partial charge on any atom is 0.416 e. The summed E-state index contributed by atoms with van der Waals surface area (Å²) in [5.41, 5.74) is -2.18. The van der Waals surface area contributed by atoms with E-state index in [2.05, 4.69) is 10.3 Å². The van der Waals surface area contributed by atoms with Gasteiger partial charge in [0.2, 0.25) is 5.78 Å². The van der Waals surface area contributed by atoms with Gasteiger partial charge < -0.3 is 0 Å². The van der Waals surface area contributed by atoms with Crippen molar-refractivity contribution in [3.05, 3.63) is 112 Å². The Bertz CT molecular complexity index is 1430. The Morgan fingerprint density at radius 3 is 2.05 bits per heavy atom. The van der Waals surface area contributed by atoms with Crippen LogP contribution >= 0.6 is 11.6 Å². The third kappa shape index (κ3) is 6.08. The van der Waals surface area contributed by atoms with Gasteiger partial charge in [0.05, 0.1) is 17.7 Å². The average Bonchev–Trinajstić information content (AvgIpc) is 3.26. The smallest absolute Gasteiger partial charge is 0.287 e. The van der Waals surface area contributed by atoms with Gasteiger partial charge in [-0.25, -0.2) is 4.68 Å². The van der Waals surface area contributed by atoms with Gasteiger partial charge in [-0.2, -0.15) is 26.3 Å². The normalized spacial score (nSPS) is 12.3. The van der Waals surface area contributed by atoms with E-state index < -0.39 is 35.8 Å². The van der Waals surface area contributed by atoms with E-state index in [4.69, 9.17) is 11.6 Å². The molecule has 0 aliphatic rings. The second kappa shape index (κ2) is 10.2. The largest absolute Gasteiger partial charge is 0.416 e. The number of hydrogen-bond acceptors (Lipinski definition) is 3. The van der Waals surface area contributed by atoms with E-state index in [9.17, 15) is 31.1 Å². The Morgan fingerprint density at radius 1 is 0.865 bits per heavy atom. The van der Waals surface area contributed by atoms with Crippen LogP contribution in [0.15, 0.2) is 78.9 Å². The van der Waals surface area contributed by atoms with Crippen LogP contribution in [-0.2, 0) is 18.9 Å². The second-order valence-electron chi connectivity index (χ2n) is 7.94. The number of carbonyl (C=O) groups excluding carboxylic acids is 1. The van der Waals surface area contributed by atoms with Crippen LogP contribution in [0.4, 0.5) is 26.3 Å². The molecule has 4 nitrogen and oxygen atoms in total. The highest BCUT2D eigenvalue weighted by molar-refractivity contribution is 6.32. The standard InChI is InChI=1S/C26H16ClF6N3O/c27-21-9-5-4-6-17(21)10-11-22(37)23-24(18-7-2-1-3-8-18)36(35-34-23)15-16-12-19(25(28,29)30)14-20(13-16)26(31,32)33/h1-14H,15H2/b11-10-. The number of halogens is 7. The first-order valence-corrected chi connectivity index (χ1v) is 11.1. The SMILES string of the molecule is O=C(/C=C\c1ccccc1Cl)c1nnn(Cc2cc(C(F)(F)F)cc(C(F)(F)F)c2)c1-c1ccccc1. The van der Waals surface area contributed by atoms with Gasteiger partial charge in [-0.05, 0) is 47.5 Å². The lowest BCUT2D eigenvalue weighted by molar-refractivity contribution is -0.143. The Labute approximate surface area is 211 Å². The molecule has 0 bridgehead atoms. The van der Waals surface area contributed by atoms with Crippen LogP contribution in [0.3, 0.4) is 0 Å². The number of ketones is 1. The number of nitrogens with zero attached hydrogens (tertiary/aromatic N) is 3. The molecule has 0 amide bonds. The predicted molar refractivity (Wildman–Crippen MR) is 126 cm³/mol. The summed E-state index contributed by atoms with van der Waals surface area (Å²) in [6, 6.07) is 16.3. The lowest BCUT2D eigenvalue weighted by Gasteiger charge is -2.15. The topological polar surface area (TPSA) is 47.8 Å². The molecule has 37 heavy (non-hydrogen) atoms. The first-order valence-electron chi connectivity index (χ1n) is 10.7. The highest BCUT2D eigenvalue weighted by atomic mass is 35.5. The summed E-state index contributed by atoms with van der Waals surface area (Å²) in [6.45, 7) is -0.494. The van der Waals surface area contributed by atoms with Gasteiger partial charge in [-0.1, -0.05) is 65.3 Å². The van der Waals surface area contributed by atoms with Gasteiger partial charge in [0.15, 0.2) is 5.69 Å². The molecule has 0 spiro atoms. The highest BCUT2D eigenvalue weighted by Gasteiger charge is 2.37. The third-order valence-corrected chi connectivity index (χ3v) is 5.66. The van der Waals surface area contributed by atoms with Crippen molar-refractivity contribution in [1.29, 1.82) is 0 Å². The molecule has 0 aliphatic heterocycles. The van der Waals surface area contributed by atoms with Crippen molar-refractivity contribution < 1.29 is 31.1 Å². The lowest BCUT2D eigenvalue weighted by atomic mass is 10.0. The first kappa shape index (κ1) is 26.2. The Hall–Kier alpha value is -3.92. The maximum atomic E-state index is 13.3. The molecule has 0 saturated heterocycles. The molecule has 0 atom stereocenters. The van der Waals surface area contributed by atoms with Crippen LogP contribution in [0, 0.1) is 0 Å². The van der Waals surface area contributed by atoms with E-state index in [0.717, 1.165) is 4.68 Å². The highest BCUT2D eigenvalue weighted by Crippen LogP contribution is 2.37. The van der Waals surface area contributed by atoms with Crippen molar-refractivity contribution in [3.8, 4) is 11.3 Å². The summed E-state index contributed by atoms with van der Waals surface area (Å²) in [7, 11) is 0. The predicted octanol–water partition coefficient (Wildman–Crippen LogP) is 7.58. The lowest BCUT2D eigenvalue weighted by Crippen LogP contribution is -2.13. The van der Waals surface area contributed by atoms with Gasteiger partial charge in [0, 0.05) is 10.6 Å². The van der Waals surface area contributed by atoms with E-state index in [1.165, 1.54) is 12.2 Å². The van der Waals surface area contributed by atoms with Gasteiger partial charge in [0.1, 0.15) is 5.69 Å². The van der Waals surface area contributed by atoms with Gasteiger partial charge in [0.25, 0.3) is 0 Å². The zero-order valence-corrected chi connectivity index (χ0v) is 19.4. The van der Waals surface area contributed by atoms with Crippen molar-refractivity contribution >= 4 is 23.5 Å². The first-order chi connectivity index (χ1) is 17.4. The molecule has 0 aliphatic carbocycles. The third-order valence-electron chi connectivity index (χ3n) is 5.32. The number of allylic oxidation sites excluding steroid dienone is 1. The van der Waals surface area contributed by atoms with Crippen LogP contribution in [0.1, 0.15) is 32.7 Å². The van der Waals surface area contributed by atoms with Gasteiger partial charge >= 0.3 is 12.4 Å². The summed E-state index contributed by atoms with van der Waals surface area (Å²) < 4.78 is 81.0. The van der Waals surface area contributed by atoms with Crippen LogP contribution in [0.5, 0.6) is 0 Å². The molecule has 4 aromatic rings. The molecule has 0 radical (unpaired) electrons. The number of hydrogen-bond donors (Lipinski definition) is 0. The zero-order chi connectivity index (χ0) is 26.8. The fraction of sp³-hybridized carbons (Fsp3) is 0.115. The average molecular weight is 536 g/mol. The molecule has 11 heteroatoms. The number of rotatable bonds is 6. The quantitative estimate of drug-likeness (QED) is 0.145. The number of benzene rings is 3. The number of aromatic nitrogens is 3. The number of alkyl halides is 6. The van der Waals surface area contributed by atoms with E-state index in [1.54, 1.807) is 54.6 Å². The van der Waals surface area contributed by atoms with E-state index in [1.807, 2.05) is 0 Å². The minimum atomic E-state index is -4.99. The number of carbonyl (C=O) groups is 1. The van der Waals surface area contributed by atoms with Crippen LogP contribution in [0.2, 0.25) is 5.02 Å². The van der Waals surface area contributed by atoms with Crippen LogP contribution < -0.4 is 0 Å². The Morgan fingerprint density at radius 2 is 1.46 bits per heavy atom. The summed E-state index contributed by atoms with van der Waals surface area (Å²) >= 11 is 6.11. The summed E-state index contributed by atoms with van der Waals surface area (Å²) in [5, 5.41) is 8.19. The van der Waals surface area contributed by atoms with Gasteiger partial charge in [-0.3, -0.25) is 4.79 Å². The monoisotopic (exact) mass is 535 g/mol. The van der Waals surface area contributed by atoms with Crippen molar-refractivity contribution in [2.24, 2.45) is 0 Å². The molecular weight excluding hydrogens is 520 g/mol. The minimum absolute atomic E-state index is 0.0530. The summed E-state index contributed by atoms with van der Waals surface area (Å²) in [4.78, 5) is 13.0.